The molecule has 3 rings (SSSR count). The lowest BCUT2D eigenvalue weighted by Crippen LogP contribution is -2.43. The Bertz CT molecular complexity index is 818. The van der Waals surface area contributed by atoms with Crippen molar-refractivity contribution in [3.05, 3.63) is 29.7 Å². The van der Waals surface area contributed by atoms with Crippen molar-refractivity contribution < 1.29 is 14.1 Å². The quantitative estimate of drug-likeness (QED) is 0.840. The first kappa shape index (κ1) is 17.1. The molecule has 0 aromatic carbocycles. The maximum atomic E-state index is 13.0. The minimum Gasteiger partial charge on any atom is -0.337 e. The Morgan fingerprint density at radius 3 is 2.56 bits per heavy atom. The molecule has 1 aliphatic rings. The van der Waals surface area contributed by atoms with E-state index >= 15 is 0 Å². The monoisotopic (exact) mass is 346 g/mol. The molecule has 0 radical (unpaired) electrons. The summed E-state index contributed by atoms with van der Waals surface area (Å²) in [6.45, 7) is 7.66. The maximum absolute atomic E-state index is 13.0. The number of rotatable bonds is 4. The SMILES string of the molecule is CCC1(c2cnn(C)c2)NC(=O)N(Cc2nc(C(C)(C)C)no2)C1=O. The van der Waals surface area contributed by atoms with Crippen LogP contribution in [0.3, 0.4) is 0 Å². The first-order valence-electron chi connectivity index (χ1n) is 8.13. The van der Waals surface area contributed by atoms with Crippen molar-refractivity contribution in [2.45, 2.75) is 51.6 Å². The number of aryl methyl sites for hydroxylation is 1. The van der Waals surface area contributed by atoms with Gasteiger partial charge in [-0.2, -0.15) is 10.1 Å². The smallest absolute Gasteiger partial charge is 0.325 e. The molecule has 0 saturated carbocycles. The average molecular weight is 346 g/mol. The van der Waals surface area contributed by atoms with Crippen LogP contribution in [-0.4, -0.2) is 36.8 Å². The second kappa shape index (κ2) is 5.68. The molecule has 1 fully saturated rings. The van der Waals surface area contributed by atoms with Crippen LogP contribution < -0.4 is 5.32 Å². The minimum atomic E-state index is -1.11. The van der Waals surface area contributed by atoms with Crippen molar-refractivity contribution in [1.82, 2.24) is 30.1 Å². The Hall–Kier alpha value is -2.71. The molecule has 9 nitrogen and oxygen atoms in total. The standard InChI is InChI=1S/C16H22N6O3/c1-6-16(10-7-17-21(5)8-10)13(23)22(14(24)19-16)9-11-18-12(20-25-11)15(2,3)4/h7-8H,6,9H2,1-5H3,(H,19,24). The van der Waals surface area contributed by atoms with Crippen LogP contribution >= 0.6 is 0 Å². The highest BCUT2D eigenvalue weighted by molar-refractivity contribution is 6.07. The van der Waals surface area contributed by atoms with Gasteiger partial charge >= 0.3 is 6.03 Å². The molecule has 134 valence electrons. The van der Waals surface area contributed by atoms with E-state index in [0.29, 0.717) is 17.8 Å². The second-order valence-electron chi connectivity index (χ2n) is 7.24. The van der Waals surface area contributed by atoms with Gasteiger partial charge in [0.2, 0.25) is 5.89 Å². The average Bonchev–Trinajstić information content (AvgIpc) is 3.22. The summed E-state index contributed by atoms with van der Waals surface area (Å²) >= 11 is 0. The second-order valence-corrected chi connectivity index (χ2v) is 7.24. The third kappa shape index (κ3) is 2.79. The van der Waals surface area contributed by atoms with Crippen LogP contribution in [0.5, 0.6) is 0 Å². The fourth-order valence-electron chi connectivity index (χ4n) is 2.81. The van der Waals surface area contributed by atoms with Gasteiger partial charge < -0.3 is 9.84 Å². The molecule has 2 aromatic rings. The zero-order chi connectivity index (χ0) is 18.4. The van der Waals surface area contributed by atoms with Gasteiger partial charge in [-0.15, -0.1) is 0 Å². The van der Waals surface area contributed by atoms with Gasteiger partial charge in [0.1, 0.15) is 12.1 Å². The van der Waals surface area contributed by atoms with Crippen molar-refractivity contribution in [2.75, 3.05) is 0 Å². The van der Waals surface area contributed by atoms with Crippen LogP contribution in [0.25, 0.3) is 0 Å². The van der Waals surface area contributed by atoms with E-state index in [-0.39, 0.29) is 23.8 Å². The van der Waals surface area contributed by atoms with E-state index in [1.165, 1.54) is 0 Å². The lowest BCUT2D eigenvalue weighted by Gasteiger charge is -2.23. The highest BCUT2D eigenvalue weighted by atomic mass is 16.5. The fourth-order valence-corrected chi connectivity index (χ4v) is 2.81. The number of nitrogens with one attached hydrogen (secondary N) is 1. The molecule has 1 saturated heterocycles. The van der Waals surface area contributed by atoms with E-state index < -0.39 is 11.6 Å². The Balaban J connectivity index is 1.87. The van der Waals surface area contributed by atoms with Crippen LogP contribution in [0, 0.1) is 0 Å². The Labute approximate surface area is 145 Å². The molecule has 9 heteroatoms. The molecule has 1 unspecified atom stereocenters. The van der Waals surface area contributed by atoms with Crippen molar-refractivity contribution >= 4 is 11.9 Å². The number of urea groups is 1. The lowest BCUT2D eigenvalue weighted by atomic mass is 9.89. The lowest BCUT2D eigenvalue weighted by molar-refractivity contribution is -0.132. The van der Waals surface area contributed by atoms with Gasteiger partial charge in [-0.3, -0.25) is 14.4 Å². The van der Waals surface area contributed by atoms with Gasteiger partial charge in [0.05, 0.1) is 6.20 Å². The maximum Gasteiger partial charge on any atom is 0.325 e. The van der Waals surface area contributed by atoms with Crippen LogP contribution in [0.1, 0.15) is 51.4 Å². The molecule has 0 bridgehead atoms. The molecule has 1 aliphatic heterocycles. The fraction of sp³-hybridized carbons (Fsp3) is 0.562. The Morgan fingerprint density at radius 1 is 1.32 bits per heavy atom. The Morgan fingerprint density at radius 2 is 2.04 bits per heavy atom. The zero-order valence-corrected chi connectivity index (χ0v) is 15.0. The predicted octanol–water partition coefficient (Wildman–Crippen LogP) is 1.46. The molecule has 0 aliphatic carbocycles. The van der Waals surface area contributed by atoms with E-state index in [4.69, 9.17) is 4.52 Å². The van der Waals surface area contributed by atoms with Crippen LogP contribution in [0.2, 0.25) is 0 Å². The molecule has 25 heavy (non-hydrogen) atoms. The van der Waals surface area contributed by atoms with Gasteiger partial charge in [0, 0.05) is 24.2 Å². The number of imide groups is 1. The number of nitrogens with zero attached hydrogens (tertiary/aromatic N) is 5. The summed E-state index contributed by atoms with van der Waals surface area (Å²) in [4.78, 5) is 30.8. The van der Waals surface area contributed by atoms with Crippen molar-refractivity contribution in [1.29, 1.82) is 0 Å². The number of carbonyl (C=O) groups excluding carboxylic acids is 2. The highest BCUT2D eigenvalue weighted by Gasteiger charge is 2.52. The molecule has 0 spiro atoms. The third-order valence-electron chi connectivity index (χ3n) is 4.34. The first-order valence-corrected chi connectivity index (χ1v) is 8.13. The van der Waals surface area contributed by atoms with Crippen LogP contribution in [0.15, 0.2) is 16.9 Å². The van der Waals surface area contributed by atoms with E-state index in [9.17, 15) is 9.59 Å². The van der Waals surface area contributed by atoms with Crippen molar-refractivity contribution in [3.8, 4) is 0 Å². The van der Waals surface area contributed by atoms with E-state index in [1.54, 1.807) is 24.1 Å². The predicted molar refractivity (Wildman–Crippen MR) is 87.3 cm³/mol. The van der Waals surface area contributed by atoms with Gasteiger partial charge in [0.25, 0.3) is 5.91 Å². The number of aromatic nitrogens is 4. The highest BCUT2D eigenvalue weighted by Crippen LogP contribution is 2.33. The van der Waals surface area contributed by atoms with Crippen molar-refractivity contribution in [2.24, 2.45) is 7.05 Å². The van der Waals surface area contributed by atoms with Crippen LogP contribution in [0.4, 0.5) is 4.79 Å². The number of hydrogen-bond acceptors (Lipinski definition) is 6. The van der Waals surface area contributed by atoms with Gasteiger partial charge in [-0.05, 0) is 6.42 Å². The summed E-state index contributed by atoms with van der Waals surface area (Å²) in [5.41, 5.74) is -0.737. The number of amides is 3. The van der Waals surface area contributed by atoms with Crippen molar-refractivity contribution in [3.63, 3.8) is 0 Å². The summed E-state index contributed by atoms with van der Waals surface area (Å²) in [7, 11) is 1.76. The summed E-state index contributed by atoms with van der Waals surface area (Å²) in [5.74, 6) is 0.415. The summed E-state index contributed by atoms with van der Waals surface area (Å²) in [5, 5.41) is 10.8. The van der Waals surface area contributed by atoms with E-state index in [0.717, 1.165) is 4.90 Å². The molecule has 1 atom stereocenters. The molecule has 2 aromatic heterocycles. The molecule has 1 N–H and O–H groups in total. The van der Waals surface area contributed by atoms with Crippen LogP contribution in [-0.2, 0) is 29.3 Å². The summed E-state index contributed by atoms with van der Waals surface area (Å²) in [6.07, 6.45) is 3.74. The van der Waals surface area contributed by atoms with E-state index in [2.05, 4.69) is 20.6 Å². The summed E-state index contributed by atoms with van der Waals surface area (Å²) in [6, 6.07) is -0.480. The van der Waals surface area contributed by atoms with E-state index in [1.807, 2.05) is 27.7 Å². The third-order valence-corrected chi connectivity index (χ3v) is 4.34. The molecular weight excluding hydrogens is 324 g/mol. The largest absolute Gasteiger partial charge is 0.337 e. The summed E-state index contributed by atoms with van der Waals surface area (Å²) < 4.78 is 6.81. The molecule has 3 heterocycles. The topological polar surface area (TPSA) is 106 Å². The normalized spacial score (nSPS) is 21.1. The van der Waals surface area contributed by atoms with Gasteiger partial charge in [-0.1, -0.05) is 32.9 Å². The first-order chi connectivity index (χ1) is 11.7. The molecular formula is C16H22N6O3. The molecule has 3 amide bonds. The van der Waals surface area contributed by atoms with Gasteiger partial charge in [0.15, 0.2) is 5.82 Å². The zero-order valence-electron chi connectivity index (χ0n) is 15.0. The minimum absolute atomic E-state index is 0.0598. The van der Waals surface area contributed by atoms with Gasteiger partial charge in [-0.25, -0.2) is 4.79 Å². The number of carbonyl (C=O) groups is 2. The number of hydrogen-bond donors (Lipinski definition) is 1. The Kier molecular flexibility index (Phi) is 3.89.